The van der Waals surface area contributed by atoms with Gasteiger partial charge in [0.15, 0.2) is 0 Å². The minimum absolute atomic E-state index is 0.489. The summed E-state index contributed by atoms with van der Waals surface area (Å²) in [5, 5.41) is 3.71. The van der Waals surface area contributed by atoms with E-state index in [-0.39, 0.29) is 0 Å². The molecular weight excluding hydrogens is 381 g/mol. The van der Waals surface area contributed by atoms with Crippen LogP contribution >= 0.6 is 33.9 Å². The summed E-state index contributed by atoms with van der Waals surface area (Å²) in [5.74, 6) is 0.968. The maximum atomic E-state index is 5.42. The van der Waals surface area contributed by atoms with Crippen LogP contribution in [0.25, 0.3) is 0 Å². The molecule has 0 aliphatic heterocycles. The fraction of sp³-hybridized carbons (Fsp3) is 0.375. The first-order valence-electron chi connectivity index (χ1n) is 6.91. The van der Waals surface area contributed by atoms with Crippen LogP contribution in [0.15, 0.2) is 30.3 Å². The molecule has 20 heavy (non-hydrogen) atoms. The van der Waals surface area contributed by atoms with Crippen molar-refractivity contribution < 1.29 is 4.74 Å². The Labute approximate surface area is 137 Å². The fourth-order valence-electron chi connectivity index (χ4n) is 2.82. The minimum Gasteiger partial charge on any atom is -0.496 e. The van der Waals surface area contributed by atoms with Crippen molar-refractivity contribution in [3.05, 3.63) is 49.2 Å². The predicted octanol–water partition coefficient (Wildman–Crippen LogP) is 4.53. The third-order valence-electron chi connectivity index (χ3n) is 3.82. The van der Waals surface area contributed by atoms with Gasteiger partial charge in [-0.05, 0) is 59.5 Å². The predicted molar refractivity (Wildman–Crippen MR) is 92.5 cm³/mol. The number of hydrogen-bond donors (Lipinski definition) is 1. The van der Waals surface area contributed by atoms with Crippen molar-refractivity contribution in [2.45, 2.75) is 31.8 Å². The van der Waals surface area contributed by atoms with Crippen LogP contribution in [-0.4, -0.2) is 7.11 Å². The Balaban J connectivity index is 1.73. The van der Waals surface area contributed by atoms with Crippen LogP contribution in [0, 0.1) is 2.88 Å². The Kier molecular flexibility index (Phi) is 4.63. The van der Waals surface area contributed by atoms with E-state index in [1.54, 1.807) is 12.0 Å². The molecule has 2 aromatic rings. The van der Waals surface area contributed by atoms with Gasteiger partial charge in [-0.3, -0.25) is 0 Å². The molecule has 0 amide bonds. The smallest absolute Gasteiger partial charge is 0.123 e. The Morgan fingerprint density at radius 2 is 2.25 bits per heavy atom. The number of halogens is 1. The fourth-order valence-corrected chi connectivity index (χ4v) is 4.94. The summed E-state index contributed by atoms with van der Waals surface area (Å²) in [6.07, 6.45) is 3.76. The highest BCUT2D eigenvalue weighted by Gasteiger charge is 2.22. The summed E-state index contributed by atoms with van der Waals surface area (Å²) < 4.78 is 6.82. The van der Waals surface area contributed by atoms with Crippen LogP contribution in [-0.2, 0) is 13.0 Å². The van der Waals surface area contributed by atoms with E-state index >= 15 is 0 Å². The van der Waals surface area contributed by atoms with Crippen molar-refractivity contribution >= 4 is 33.9 Å². The molecule has 1 unspecified atom stereocenters. The van der Waals surface area contributed by atoms with E-state index in [0.717, 1.165) is 12.3 Å². The molecule has 1 N–H and O–H groups in total. The lowest BCUT2D eigenvalue weighted by Crippen LogP contribution is -2.24. The van der Waals surface area contributed by atoms with Gasteiger partial charge in [0.2, 0.25) is 0 Å². The van der Waals surface area contributed by atoms with Gasteiger partial charge >= 0.3 is 0 Å². The molecule has 0 radical (unpaired) electrons. The quantitative estimate of drug-likeness (QED) is 0.763. The van der Waals surface area contributed by atoms with E-state index < -0.39 is 0 Å². The largest absolute Gasteiger partial charge is 0.496 e. The van der Waals surface area contributed by atoms with Gasteiger partial charge in [-0.1, -0.05) is 18.2 Å². The van der Waals surface area contributed by atoms with Gasteiger partial charge in [-0.2, -0.15) is 0 Å². The van der Waals surface area contributed by atoms with Gasteiger partial charge < -0.3 is 10.1 Å². The minimum atomic E-state index is 0.489. The van der Waals surface area contributed by atoms with Crippen LogP contribution < -0.4 is 10.1 Å². The molecule has 1 heterocycles. The van der Waals surface area contributed by atoms with Crippen LogP contribution in [0.4, 0.5) is 0 Å². The van der Waals surface area contributed by atoms with Gasteiger partial charge in [-0.15, -0.1) is 11.3 Å². The maximum Gasteiger partial charge on any atom is 0.123 e. The Hall–Kier alpha value is -0.590. The molecule has 1 aliphatic rings. The first-order valence-corrected chi connectivity index (χ1v) is 8.81. The van der Waals surface area contributed by atoms with Gasteiger partial charge in [-0.25, -0.2) is 0 Å². The molecule has 1 aliphatic carbocycles. The Bertz CT molecular complexity index is 596. The average molecular weight is 399 g/mol. The molecule has 1 aromatic carbocycles. The highest BCUT2D eigenvalue weighted by Crippen LogP contribution is 2.36. The SMILES string of the molecule is COc1ccccc1CNC1CCCc2sc(I)cc21. The zero-order chi connectivity index (χ0) is 13.9. The van der Waals surface area contributed by atoms with Crippen molar-refractivity contribution in [2.75, 3.05) is 7.11 Å². The first-order chi connectivity index (χ1) is 9.78. The highest BCUT2D eigenvalue weighted by molar-refractivity contribution is 14.1. The zero-order valence-electron chi connectivity index (χ0n) is 11.5. The van der Waals surface area contributed by atoms with E-state index in [1.807, 2.05) is 23.5 Å². The van der Waals surface area contributed by atoms with Gasteiger partial charge in [0.05, 0.1) is 9.99 Å². The van der Waals surface area contributed by atoms with Gasteiger partial charge in [0.25, 0.3) is 0 Å². The number of benzene rings is 1. The zero-order valence-corrected chi connectivity index (χ0v) is 14.5. The number of ether oxygens (including phenoxy) is 1. The number of para-hydroxylation sites is 1. The van der Waals surface area contributed by atoms with Crippen LogP contribution in [0.2, 0.25) is 0 Å². The normalized spacial score (nSPS) is 17.8. The molecule has 0 fully saturated rings. The molecule has 1 atom stereocenters. The third kappa shape index (κ3) is 3.02. The monoisotopic (exact) mass is 399 g/mol. The van der Waals surface area contributed by atoms with Crippen LogP contribution in [0.3, 0.4) is 0 Å². The Morgan fingerprint density at radius 1 is 1.40 bits per heavy atom. The molecule has 0 bridgehead atoms. The molecule has 0 saturated carbocycles. The van der Waals surface area contributed by atoms with Crippen LogP contribution in [0.5, 0.6) is 5.75 Å². The molecule has 0 saturated heterocycles. The topological polar surface area (TPSA) is 21.3 Å². The number of hydrogen-bond acceptors (Lipinski definition) is 3. The number of thiophene rings is 1. The van der Waals surface area contributed by atoms with Crippen LogP contribution in [0.1, 0.15) is 34.9 Å². The van der Waals surface area contributed by atoms with Crippen molar-refractivity contribution in [3.63, 3.8) is 0 Å². The lowest BCUT2D eigenvalue weighted by molar-refractivity contribution is 0.401. The van der Waals surface area contributed by atoms with Gasteiger partial charge in [0, 0.05) is 23.0 Å². The molecule has 2 nitrogen and oxygen atoms in total. The molecular formula is C16H18INOS. The van der Waals surface area contributed by atoms with Gasteiger partial charge in [0.1, 0.15) is 5.75 Å². The standard InChI is InChI=1S/C16H18INOS/c1-19-14-7-3-2-5-11(14)10-18-13-6-4-8-15-12(13)9-16(17)20-15/h2-3,5,7,9,13,18H,4,6,8,10H2,1H3. The summed E-state index contributed by atoms with van der Waals surface area (Å²) in [6.45, 7) is 0.862. The number of rotatable bonds is 4. The number of methoxy groups -OCH3 is 1. The van der Waals surface area contributed by atoms with Crippen molar-refractivity contribution in [2.24, 2.45) is 0 Å². The number of fused-ring (bicyclic) bond motifs is 1. The second-order valence-corrected chi connectivity index (χ2v) is 8.10. The maximum absolute atomic E-state index is 5.42. The second-order valence-electron chi connectivity index (χ2n) is 5.07. The molecule has 1 aromatic heterocycles. The molecule has 4 heteroatoms. The van der Waals surface area contributed by atoms with E-state index in [4.69, 9.17) is 4.74 Å². The highest BCUT2D eigenvalue weighted by atomic mass is 127. The summed E-state index contributed by atoms with van der Waals surface area (Å²) in [4.78, 5) is 1.57. The molecule has 3 rings (SSSR count). The van der Waals surface area contributed by atoms with Crippen molar-refractivity contribution in [1.82, 2.24) is 5.32 Å². The van der Waals surface area contributed by atoms with E-state index in [0.29, 0.717) is 6.04 Å². The molecule has 0 spiro atoms. The first kappa shape index (κ1) is 14.4. The average Bonchev–Trinajstić information content (AvgIpc) is 2.86. The van der Waals surface area contributed by atoms with Crippen molar-refractivity contribution in [3.8, 4) is 5.75 Å². The summed E-state index contributed by atoms with van der Waals surface area (Å²) in [5.41, 5.74) is 2.74. The summed E-state index contributed by atoms with van der Waals surface area (Å²) >= 11 is 4.38. The lowest BCUT2D eigenvalue weighted by Gasteiger charge is -2.24. The summed E-state index contributed by atoms with van der Waals surface area (Å²) in [7, 11) is 1.73. The van der Waals surface area contributed by atoms with E-state index in [2.05, 4.69) is 46.1 Å². The van der Waals surface area contributed by atoms with Crippen molar-refractivity contribution in [1.29, 1.82) is 0 Å². The van der Waals surface area contributed by atoms with E-state index in [9.17, 15) is 0 Å². The number of aryl methyl sites for hydroxylation is 1. The molecule has 106 valence electrons. The lowest BCUT2D eigenvalue weighted by atomic mass is 9.94. The number of nitrogens with one attached hydrogen (secondary N) is 1. The summed E-state index contributed by atoms with van der Waals surface area (Å²) in [6, 6.07) is 11.1. The second kappa shape index (κ2) is 6.45. The third-order valence-corrected chi connectivity index (χ3v) is 5.79. The Morgan fingerprint density at radius 3 is 3.10 bits per heavy atom. The van der Waals surface area contributed by atoms with E-state index in [1.165, 1.54) is 33.3 Å².